The highest BCUT2D eigenvalue weighted by Crippen LogP contribution is 2.36. The van der Waals surface area contributed by atoms with Crippen molar-refractivity contribution < 1.29 is 0 Å². The second-order valence-corrected chi connectivity index (χ2v) is 6.58. The minimum absolute atomic E-state index is 0.00351. The number of aryl methyl sites for hydroxylation is 2. The van der Waals surface area contributed by atoms with Gasteiger partial charge in [-0.3, -0.25) is 4.79 Å². The summed E-state index contributed by atoms with van der Waals surface area (Å²) in [5.41, 5.74) is 5.75. The highest BCUT2D eigenvalue weighted by Gasteiger charge is 2.13. The molecule has 108 valence electrons. The average Bonchev–Trinajstić information content (AvgIpc) is 2.99. The van der Waals surface area contributed by atoms with Crippen molar-refractivity contribution in [1.82, 2.24) is 4.98 Å². The van der Waals surface area contributed by atoms with Crippen molar-refractivity contribution >= 4 is 32.3 Å². The first kappa shape index (κ1) is 13.3. The van der Waals surface area contributed by atoms with Crippen LogP contribution >= 0.6 is 11.3 Å². The van der Waals surface area contributed by atoms with Gasteiger partial charge in [0.1, 0.15) is 4.70 Å². The third-order valence-corrected chi connectivity index (χ3v) is 5.06. The highest BCUT2D eigenvalue weighted by molar-refractivity contribution is 7.17. The lowest BCUT2D eigenvalue weighted by atomic mass is 9.94. The van der Waals surface area contributed by atoms with Crippen LogP contribution in [0.2, 0.25) is 0 Å². The van der Waals surface area contributed by atoms with Crippen LogP contribution in [0.1, 0.15) is 11.1 Å². The van der Waals surface area contributed by atoms with Crippen LogP contribution in [-0.4, -0.2) is 4.98 Å². The van der Waals surface area contributed by atoms with Crippen LogP contribution in [-0.2, 0) is 0 Å². The first-order valence-electron chi connectivity index (χ1n) is 7.25. The number of thiophene rings is 1. The van der Waals surface area contributed by atoms with Crippen molar-refractivity contribution in [2.75, 3.05) is 0 Å². The Morgan fingerprint density at radius 1 is 0.955 bits per heavy atom. The topological polar surface area (TPSA) is 32.9 Å². The van der Waals surface area contributed by atoms with Crippen molar-refractivity contribution in [3.05, 3.63) is 69.3 Å². The van der Waals surface area contributed by atoms with Crippen LogP contribution in [0, 0.1) is 13.8 Å². The Labute approximate surface area is 132 Å². The lowest BCUT2D eigenvalue weighted by molar-refractivity contribution is 1.35. The Morgan fingerprint density at radius 3 is 2.50 bits per heavy atom. The van der Waals surface area contributed by atoms with E-state index in [1.165, 1.54) is 33.6 Å². The summed E-state index contributed by atoms with van der Waals surface area (Å²) in [5.74, 6) is 0. The molecular weight excluding hydrogens is 290 g/mol. The molecule has 0 aliphatic carbocycles. The van der Waals surface area contributed by atoms with Crippen molar-refractivity contribution in [3.8, 4) is 11.1 Å². The summed E-state index contributed by atoms with van der Waals surface area (Å²) in [5, 5.41) is 4.17. The van der Waals surface area contributed by atoms with E-state index in [0.29, 0.717) is 0 Å². The van der Waals surface area contributed by atoms with E-state index in [2.05, 4.69) is 55.2 Å². The van der Waals surface area contributed by atoms with E-state index in [1.54, 1.807) is 0 Å². The first-order chi connectivity index (χ1) is 10.6. The molecule has 2 aromatic carbocycles. The van der Waals surface area contributed by atoms with Crippen molar-refractivity contribution in [2.24, 2.45) is 0 Å². The van der Waals surface area contributed by atoms with Gasteiger partial charge in [-0.15, -0.1) is 11.3 Å². The van der Waals surface area contributed by atoms with E-state index in [1.807, 2.05) is 11.4 Å². The summed E-state index contributed by atoms with van der Waals surface area (Å²) in [6, 6.07) is 14.7. The van der Waals surface area contributed by atoms with Gasteiger partial charge in [-0.1, -0.05) is 35.9 Å². The summed E-state index contributed by atoms with van der Waals surface area (Å²) >= 11 is 1.50. The standard InChI is InChI=1S/C19H15NOS/c1-11-3-6-13(7-4-11)16-12(2)5-8-15-17(16)14-9-10-22-18(14)19(21)20-15/h3-10H,1-2H3,(H,20,21). The number of nitrogens with one attached hydrogen (secondary N) is 1. The summed E-state index contributed by atoms with van der Waals surface area (Å²) in [6.07, 6.45) is 0. The molecule has 0 radical (unpaired) electrons. The Hall–Kier alpha value is -2.39. The van der Waals surface area contributed by atoms with Crippen LogP contribution in [0.25, 0.3) is 32.1 Å². The molecule has 0 bridgehead atoms. The summed E-state index contributed by atoms with van der Waals surface area (Å²) in [6.45, 7) is 4.21. The van der Waals surface area contributed by atoms with Gasteiger partial charge in [0, 0.05) is 16.3 Å². The fourth-order valence-electron chi connectivity index (χ4n) is 3.04. The van der Waals surface area contributed by atoms with Gasteiger partial charge < -0.3 is 4.98 Å². The lowest BCUT2D eigenvalue weighted by Crippen LogP contribution is -2.05. The summed E-state index contributed by atoms with van der Waals surface area (Å²) in [4.78, 5) is 15.2. The molecule has 0 saturated carbocycles. The number of aromatic amines is 1. The minimum atomic E-state index is -0.00351. The maximum atomic E-state index is 12.2. The van der Waals surface area contributed by atoms with Gasteiger partial charge in [0.2, 0.25) is 0 Å². The Kier molecular flexibility index (Phi) is 2.91. The van der Waals surface area contributed by atoms with Gasteiger partial charge in [0.05, 0.1) is 0 Å². The van der Waals surface area contributed by atoms with Crippen LogP contribution in [0.5, 0.6) is 0 Å². The predicted octanol–water partition coefficient (Wildman–Crippen LogP) is 5.03. The molecule has 22 heavy (non-hydrogen) atoms. The number of fused-ring (bicyclic) bond motifs is 3. The first-order valence-corrected chi connectivity index (χ1v) is 8.13. The molecule has 0 spiro atoms. The smallest absolute Gasteiger partial charge is 0.266 e. The van der Waals surface area contributed by atoms with Crippen molar-refractivity contribution in [3.63, 3.8) is 0 Å². The van der Waals surface area contributed by atoms with Crippen LogP contribution in [0.15, 0.2) is 52.6 Å². The maximum absolute atomic E-state index is 12.2. The molecule has 2 nitrogen and oxygen atoms in total. The zero-order chi connectivity index (χ0) is 15.3. The van der Waals surface area contributed by atoms with E-state index in [4.69, 9.17) is 0 Å². The number of pyridine rings is 1. The van der Waals surface area contributed by atoms with E-state index in [-0.39, 0.29) is 5.56 Å². The average molecular weight is 305 g/mol. The van der Waals surface area contributed by atoms with Crippen LogP contribution in [0.3, 0.4) is 0 Å². The molecule has 3 heteroatoms. The van der Waals surface area contributed by atoms with Gasteiger partial charge in [0.15, 0.2) is 0 Å². The second-order valence-electron chi connectivity index (χ2n) is 5.66. The summed E-state index contributed by atoms with van der Waals surface area (Å²) in [7, 11) is 0. The number of benzene rings is 2. The Balaban J connectivity index is 2.21. The van der Waals surface area contributed by atoms with Gasteiger partial charge in [0.25, 0.3) is 5.56 Å². The fraction of sp³-hybridized carbons (Fsp3) is 0.105. The number of H-pyrrole nitrogens is 1. The quantitative estimate of drug-likeness (QED) is 0.526. The number of hydrogen-bond acceptors (Lipinski definition) is 2. The van der Waals surface area contributed by atoms with Crippen molar-refractivity contribution in [1.29, 1.82) is 0 Å². The maximum Gasteiger partial charge on any atom is 0.266 e. The molecule has 4 aromatic rings. The predicted molar refractivity (Wildman–Crippen MR) is 94.9 cm³/mol. The zero-order valence-corrected chi connectivity index (χ0v) is 13.3. The second kappa shape index (κ2) is 4.82. The van der Waals surface area contributed by atoms with E-state index in [9.17, 15) is 4.79 Å². The van der Waals surface area contributed by atoms with Gasteiger partial charge in [-0.25, -0.2) is 0 Å². The molecule has 2 heterocycles. The van der Waals surface area contributed by atoms with Gasteiger partial charge in [-0.05, 0) is 48.1 Å². The largest absolute Gasteiger partial charge is 0.321 e. The summed E-state index contributed by atoms with van der Waals surface area (Å²) < 4.78 is 0.798. The molecule has 0 fully saturated rings. The van der Waals surface area contributed by atoms with Gasteiger partial charge >= 0.3 is 0 Å². The van der Waals surface area contributed by atoms with E-state index in [0.717, 1.165) is 21.0 Å². The monoisotopic (exact) mass is 305 g/mol. The molecule has 4 rings (SSSR count). The molecule has 1 N–H and O–H groups in total. The molecule has 0 aliphatic rings. The van der Waals surface area contributed by atoms with Crippen LogP contribution < -0.4 is 5.56 Å². The van der Waals surface area contributed by atoms with Gasteiger partial charge in [-0.2, -0.15) is 0 Å². The Bertz CT molecular complexity index is 1050. The normalized spacial score (nSPS) is 11.4. The third kappa shape index (κ3) is 1.90. The zero-order valence-electron chi connectivity index (χ0n) is 12.4. The molecule has 0 aliphatic heterocycles. The molecule has 0 amide bonds. The molecule has 0 atom stereocenters. The third-order valence-electron chi connectivity index (χ3n) is 4.14. The highest BCUT2D eigenvalue weighted by atomic mass is 32.1. The lowest BCUT2D eigenvalue weighted by Gasteiger charge is -2.12. The van der Waals surface area contributed by atoms with Crippen LogP contribution in [0.4, 0.5) is 0 Å². The SMILES string of the molecule is Cc1ccc(-c2c(C)ccc3[nH]c(=O)c4sccc4c23)cc1. The molecular formula is C19H15NOS. The minimum Gasteiger partial charge on any atom is -0.321 e. The van der Waals surface area contributed by atoms with E-state index < -0.39 is 0 Å². The molecule has 2 aromatic heterocycles. The Morgan fingerprint density at radius 2 is 1.73 bits per heavy atom. The molecule has 0 unspecified atom stereocenters. The van der Waals surface area contributed by atoms with E-state index >= 15 is 0 Å². The number of hydrogen-bond donors (Lipinski definition) is 1. The number of rotatable bonds is 1. The van der Waals surface area contributed by atoms with Crippen molar-refractivity contribution in [2.45, 2.75) is 13.8 Å². The fourth-order valence-corrected chi connectivity index (χ4v) is 3.84. The number of aromatic nitrogens is 1. The molecule has 0 saturated heterocycles.